The number of fused-ring (bicyclic) bond motifs is 1. The van der Waals surface area contributed by atoms with Gasteiger partial charge in [0, 0.05) is 104 Å². The maximum atomic E-state index is 15.5. The van der Waals surface area contributed by atoms with Gasteiger partial charge in [0.05, 0.1) is 28.4 Å². The number of piperazine rings is 1. The Morgan fingerprint density at radius 1 is 0.894 bits per heavy atom. The largest absolute Gasteiger partial charge is 0.492 e. The number of hydrogen-bond donors (Lipinski definition) is 3. The first-order valence-corrected chi connectivity index (χ1v) is 26.0. The van der Waals surface area contributed by atoms with Gasteiger partial charge >= 0.3 is 0 Å². The number of hydrogen-bond acceptors (Lipinski definition) is 12. The maximum Gasteiger partial charge on any atom is 0.234 e. The normalized spacial score (nSPS) is 17.9. The molecule has 18 heteroatoms. The minimum absolute atomic E-state index is 0.0577. The molecule has 0 spiro atoms. The molecule has 2 amide bonds. The molecule has 3 N–H and O–H groups in total. The second kappa shape index (κ2) is 20.0. The fourth-order valence-corrected chi connectivity index (χ4v) is 11.3. The van der Waals surface area contributed by atoms with Crippen LogP contribution in [-0.2, 0) is 27.0 Å². The van der Waals surface area contributed by atoms with Gasteiger partial charge in [-0.2, -0.15) is 4.98 Å². The summed E-state index contributed by atoms with van der Waals surface area (Å²) in [5.41, 5.74) is 4.45. The van der Waals surface area contributed by atoms with Crippen LogP contribution in [0.5, 0.6) is 5.75 Å². The zero-order valence-electron chi connectivity index (χ0n) is 37.9. The van der Waals surface area contributed by atoms with E-state index in [1.807, 2.05) is 6.92 Å². The van der Waals surface area contributed by atoms with Crippen LogP contribution in [0.2, 0.25) is 0 Å². The summed E-state index contributed by atoms with van der Waals surface area (Å²) < 4.78 is 66.1. The van der Waals surface area contributed by atoms with E-state index in [9.17, 15) is 14.2 Å². The molecule has 3 fully saturated rings. The van der Waals surface area contributed by atoms with Crippen molar-refractivity contribution >= 4 is 79.9 Å². The van der Waals surface area contributed by atoms with Crippen molar-refractivity contribution in [3.05, 3.63) is 93.0 Å². The Bertz CT molecular complexity index is 2680. The van der Waals surface area contributed by atoms with Crippen molar-refractivity contribution in [2.45, 2.75) is 71.3 Å². The summed E-state index contributed by atoms with van der Waals surface area (Å²) in [6.45, 7) is 15.6. The van der Waals surface area contributed by atoms with Crippen LogP contribution in [0.3, 0.4) is 0 Å². The molecule has 8 rings (SSSR count). The molecular weight excluding hydrogens is 934 g/mol. The second-order valence-electron chi connectivity index (χ2n) is 17.7. The number of carbonyl (C=O) groups excluding carboxylic acids is 2. The topological polar surface area (TPSA) is 145 Å². The third-order valence-corrected chi connectivity index (χ3v) is 15.0. The lowest BCUT2D eigenvalue weighted by molar-refractivity contribution is -0.134. The molecule has 0 unspecified atom stereocenters. The van der Waals surface area contributed by atoms with Crippen LogP contribution in [0.1, 0.15) is 67.8 Å². The number of anilines is 5. The van der Waals surface area contributed by atoms with Crippen molar-refractivity contribution in [2.24, 2.45) is 0 Å². The lowest BCUT2D eigenvalue weighted by atomic mass is 9.89. The average molecular weight is 991 g/mol. The standard InChI is InChI=1S/C48H56BrF3N9O4P/c1-6-30-24-38(56-48-53-27-34(49)46(58-48)55-39-25-37(52)44-33(9-8-28(3)54-44)45(39)66(4,5)64)41(65-7-2)26-40(30)61-16-13-31(14-17-61)60-20-18-59(19-21-60)15-12-29-22-35(50)43(36(51)23-29)32-10-11-42(62)57-47(32)63/h8-9,22-27,31-32H,6-7,10-21H2,1-5H3,(H,57,62,63)(H2,53,55,56,58)/t32-/m1/s1. The number of nitrogens with one attached hydrogen (secondary N) is 3. The zero-order valence-corrected chi connectivity index (χ0v) is 40.4. The second-order valence-corrected chi connectivity index (χ2v) is 21.7. The first-order chi connectivity index (χ1) is 31.6. The Hall–Kier alpha value is -5.09. The summed E-state index contributed by atoms with van der Waals surface area (Å²) in [6.07, 6.45) is 5.06. The van der Waals surface area contributed by atoms with Crippen LogP contribution in [0.25, 0.3) is 10.9 Å². The molecule has 3 aliphatic heterocycles. The lowest BCUT2D eigenvalue weighted by Crippen LogP contribution is -2.53. The highest BCUT2D eigenvalue weighted by Gasteiger charge is 2.33. The number of imide groups is 1. The molecule has 2 aromatic heterocycles. The number of carbonyl (C=O) groups is 2. The Labute approximate surface area is 391 Å². The van der Waals surface area contributed by atoms with E-state index >= 15 is 13.2 Å². The van der Waals surface area contributed by atoms with Crippen LogP contribution >= 0.6 is 23.1 Å². The van der Waals surface area contributed by atoms with E-state index in [0.29, 0.717) is 75.0 Å². The van der Waals surface area contributed by atoms with Gasteiger partial charge in [0.2, 0.25) is 17.8 Å². The number of halogens is 4. The molecule has 350 valence electrons. The van der Waals surface area contributed by atoms with Crippen molar-refractivity contribution in [1.29, 1.82) is 0 Å². The first-order valence-electron chi connectivity index (χ1n) is 22.6. The van der Waals surface area contributed by atoms with Crippen LogP contribution in [0.4, 0.5) is 42.0 Å². The van der Waals surface area contributed by atoms with Crippen molar-refractivity contribution in [3.63, 3.8) is 0 Å². The maximum absolute atomic E-state index is 15.5. The van der Waals surface area contributed by atoms with Crippen LogP contribution in [0.15, 0.2) is 53.1 Å². The van der Waals surface area contributed by atoms with Crippen molar-refractivity contribution < 1.29 is 32.1 Å². The lowest BCUT2D eigenvalue weighted by Gasteiger charge is -2.43. The molecular formula is C48H56BrF3N9O4P. The summed E-state index contributed by atoms with van der Waals surface area (Å²) in [7, 11) is -2.93. The molecule has 3 aliphatic rings. The Morgan fingerprint density at radius 2 is 1.62 bits per heavy atom. The van der Waals surface area contributed by atoms with Gasteiger partial charge in [-0.1, -0.05) is 13.0 Å². The van der Waals surface area contributed by atoms with Crippen LogP contribution < -0.4 is 30.9 Å². The van der Waals surface area contributed by atoms with Gasteiger partial charge in [-0.3, -0.25) is 24.8 Å². The number of amides is 2. The number of ether oxygens (including phenoxy) is 1. The predicted octanol–water partition coefficient (Wildman–Crippen LogP) is 8.56. The van der Waals surface area contributed by atoms with Gasteiger partial charge in [0.1, 0.15) is 35.9 Å². The van der Waals surface area contributed by atoms with Gasteiger partial charge in [-0.15, -0.1) is 0 Å². The molecule has 66 heavy (non-hydrogen) atoms. The van der Waals surface area contributed by atoms with Crippen molar-refractivity contribution in [1.82, 2.24) is 30.1 Å². The van der Waals surface area contributed by atoms with Gasteiger partial charge in [-0.25, -0.2) is 18.2 Å². The number of aromatic nitrogens is 3. The minimum atomic E-state index is -2.93. The highest BCUT2D eigenvalue weighted by Crippen LogP contribution is 2.43. The molecule has 0 aliphatic carbocycles. The molecule has 3 saturated heterocycles. The molecule has 0 saturated carbocycles. The summed E-state index contributed by atoms with van der Waals surface area (Å²) in [6, 6.07) is 12.2. The Kier molecular flexibility index (Phi) is 14.4. The number of nitrogens with zero attached hydrogens (tertiary/aromatic N) is 6. The first kappa shape index (κ1) is 47.4. The highest BCUT2D eigenvalue weighted by atomic mass is 79.9. The molecule has 0 bridgehead atoms. The zero-order chi connectivity index (χ0) is 46.9. The summed E-state index contributed by atoms with van der Waals surface area (Å²) >= 11 is 3.54. The van der Waals surface area contributed by atoms with Gasteiger partial charge in [0.25, 0.3) is 0 Å². The van der Waals surface area contributed by atoms with Gasteiger partial charge in [0.15, 0.2) is 5.82 Å². The number of piperidine rings is 2. The SMILES string of the molecule is CCOc1cc(N2CCC(N3CCN(CCc4cc(F)c([C@H]5CCC(=O)NC5=O)c(F)c4)CC3)CC2)c(CC)cc1Nc1ncc(Br)c(Nc2cc(F)c3nc(C)ccc3c2P(C)(C)=O)n1. The fraction of sp³-hybridized carbons (Fsp3) is 0.438. The molecule has 3 aromatic carbocycles. The monoisotopic (exact) mass is 989 g/mol. The molecule has 0 radical (unpaired) electrons. The Balaban J connectivity index is 0.891. The summed E-state index contributed by atoms with van der Waals surface area (Å²) in [4.78, 5) is 44.8. The van der Waals surface area contributed by atoms with E-state index in [1.165, 1.54) is 18.2 Å². The predicted molar refractivity (Wildman–Crippen MR) is 257 cm³/mol. The third-order valence-electron chi connectivity index (χ3n) is 12.9. The van der Waals surface area contributed by atoms with E-state index in [4.69, 9.17) is 9.72 Å². The van der Waals surface area contributed by atoms with E-state index in [2.05, 4.69) is 75.6 Å². The number of aryl methyl sites for hydroxylation is 2. The average Bonchev–Trinajstić information content (AvgIpc) is 3.28. The molecule has 1 atom stereocenters. The van der Waals surface area contributed by atoms with Gasteiger partial charge < -0.3 is 29.7 Å². The van der Waals surface area contributed by atoms with Crippen LogP contribution in [-0.4, -0.2) is 108 Å². The number of rotatable bonds is 14. The van der Waals surface area contributed by atoms with E-state index in [-0.39, 0.29) is 29.9 Å². The van der Waals surface area contributed by atoms with E-state index in [0.717, 1.165) is 69.8 Å². The summed E-state index contributed by atoms with van der Waals surface area (Å²) in [5, 5.41) is 9.76. The number of pyridine rings is 1. The number of benzene rings is 3. The molecule has 5 heterocycles. The summed E-state index contributed by atoms with van der Waals surface area (Å²) in [5.74, 6) is -2.78. The smallest absolute Gasteiger partial charge is 0.234 e. The van der Waals surface area contributed by atoms with Gasteiger partial charge in [-0.05, 0) is 111 Å². The Morgan fingerprint density at radius 3 is 2.29 bits per heavy atom. The van der Waals surface area contributed by atoms with E-state index in [1.54, 1.807) is 38.6 Å². The van der Waals surface area contributed by atoms with Crippen LogP contribution in [0, 0.1) is 24.4 Å². The van der Waals surface area contributed by atoms with Crippen molar-refractivity contribution in [3.8, 4) is 5.75 Å². The molecule has 13 nitrogen and oxygen atoms in total. The molecule has 5 aromatic rings. The minimum Gasteiger partial charge on any atom is -0.492 e. The quantitative estimate of drug-likeness (QED) is 0.0725. The fourth-order valence-electron chi connectivity index (χ4n) is 9.54. The third kappa shape index (κ3) is 10.4. The van der Waals surface area contributed by atoms with E-state index < -0.39 is 42.3 Å². The highest BCUT2D eigenvalue weighted by molar-refractivity contribution is 9.10. The van der Waals surface area contributed by atoms with Crippen molar-refractivity contribution in [2.75, 3.05) is 81.3 Å².